The normalized spacial score (nSPS) is 11.9. The maximum Gasteiger partial charge on any atom is 0.0439 e. The second-order valence-corrected chi connectivity index (χ2v) is 5.18. The van der Waals surface area contributed by atoms with E-state index in [1.807, 2.05) is 13.0 Å². The molecule has 2 heteroatoms. The summed E-state index contributed by atoms with van der Waals surface area (Å²) in [4.78, 5) is 0. The standard InChI is InChI=1S/C13H19ClO/c1-9-8-12(14)10(2)7-11(9)13(3,4)5-6-15/h7-8,15H,5-6H2,1-4H3. The lowest BCUT2D eigenvalue weighted by Crippen LogP contribution is -2.20. The van der Waals surface area contributed by atoms with Gasteiger partial charge in [-0.1, -0.05) is 31.5 Å². The van der Waals surface area contributed by atoms with Crippen LogP contribution in [0.5, 0.6) is 0 Å². The molecule has 0 aliphatic rings. The second kappa shape index (κ2) is 4.54. The van der Waals surface area contributed by atoms with Crippen LogP contribution in [0.15, 0.2) is 12.1 Å². The lowest BCUT2D eigenvalue weighted by Gasteiger charge is -2.27. The van der Waals surface area contributed by atoms with Crippen LogP contribution in [0.3, 0.4) is 0 Å². The van der Waals surface area contributed by atoms with Crippen molar-refractivity contribution in [2.45, 2.75) is 39.5 Å². The monoisotopic (exact) mass is 226 g/mol. The highest BCUT2D eigenvalue weighted by Crippen LogP contribution is 2.32. The van der Waals surface area contributed by atoms with Gasteiger partial charge in [0.1, 0.15) is 0 Å². The van der Waals surface area contributed by atoms with Gasteiger partial charge in [-0.05, 0) is 48.4 Å². The summed E-state index contributed by atoms with van der Waals surface area (Å²) in [5, 5.41) is 9.87. The molecule has 1 N–H and O–H groups in total. The molecule has 0 bridgehead atoms. The van der Waals surface area contributed by atoms with E-state index >= 15 is 0 Å². The van der Waals surface area contributed by atoms with Gasteiger partial charge in [-0.15, -0.1) is 0 Å². The molecule has 0 heterocycles. The van der Waals surface area contributed by atoms with Gasteiger partial charge in [0.05, 0.1) is 0 Å². The zero-order valence-electron chi connectivity index (χ0n) is 9.89. The van der Waals surface area contributed by atoms with Crippen LogP contribution in [-0.2, 0) is 5.41 Å². The number of hydrogen-bond donors (Lipinski definition) is 1. The molecule has 1 aromatic rings. The van der Waals surface area contributed by atoms with Crippen molar-refractivity contribution in [3.8, 4) is 0 Å². The maximum atomic E-state index is 9.05. The number of aryl methyl sites for hydroxylation is 2. The van der Waals surface area contributed by atoms with Crippen molar-refractivity contribution in [2.24, 2.45) is 0 Å². The van der Waals surface area contributed by atoms with Gasteiger partial charge in [-0.3, -0.25) is 0 Å². The molecular formula is C13H19ClO. The van der Waals surface area contributed by atoms with Gasteiger partial charge >= 0.3 is 0 Å². The van der Waals surface area contributed by atoms with Gasteiger partial charge in [0.25, 0.3) is 0 Å². The van der Waals surface area contributed by atoms with Crippen molar-refractivity contribution in [3.05, 3.63) is 33.8 Å². The highest BCUT2D eigenvalue weighted by molar-refractivity contribution is 6.31. The smallest absolute Gasteiger partial charge is 0.0439 e. The van der Waals surface area contributed by atoms with Crippen LogP contribution >= 0.6 is 11.6 Å². The number of benzene rings is 1. The van der Waals surface area contributed by atoms with Crippen LogP contribution in [0, 0.1) is 13.8 Å². The highest BCUT2D eigenvalue weighted by Gasteiger charge is 2.22. The summed E-state index contributed by atoms with van der Waals surface area (Å²) in [7, 11) is 0. The Hall–Kier alpha value is -0.530. The van der Waals surface area contributed by atoms with E-state index in [1.54, 1.807) is 0 Å². The van der Waals surface area contributed by atoms with E-state index in [9.17, 15) is 0 Å². The Labute approximate surface area is 97.1 Å². The first kappa shape index (κ1) is 12.5. The highest BCUT2D eigenvalue weighted by atomic mass is 35.5. The molecule has 0 radical (unpaired) electrons. The van der Waals surface area contributed by atoms with Gasteiger partial charge in [-0.2, -0.15) is 0 Å². The quantitative estimate of drug-likeness (QED) is 0.835. The summed E-state index contributed by atoms with van der Waals surface area (Å²) in [6, 6.07) is 4.14. The predicted molar refractivity (Wildman–Crippen MR) is 65.7 cm³/mol. The molecule has 0 saturated carbocycles. The largest absolute Gasteiger partial charge is 0.396 e. The summed E-state index contributed by atoms with van der Waals surface area (Å²) < 4.78 is 0. The molecule has 84 valence electrons. The SMILES string of the molecule is Cc1cc(C(C)(C)CCO)c(C)cc1Cl. The Balaban J connectivity index is 3.19. The molecule has 15 heavy (non-hydrogen) atoms. The third-order valence-electron chi connectivity index (χ3n) is 2.97. The lowest BCUT2D eigenvalue weighted by molar-refractivity contribution is 0.252. The molecule has 1 rings (SSSR count). The molecule has 1 nitrogen and oxygen atoms in total. The van der Waals surface area contributed by atoms with E-state index in [2.05, 4.69) is 26.8 Å². The van der Waals surface area contributed by atoms with Crippen molar-refractivity contribution >= 4 is 11.6 Å². The zero-order chi connectivity index (χ0) is 11.6. The van der Waals surface area contributed by atoms with Crippen LogP contribution < -0.4 is 0 Å². The van der Waals surface area contributed by atoms with E-state index in [1.165, 1.54) is 11.1 Å². The van der Waals surface area contributed by atoms with E-state index in [-0.39, 0.29) is 12.0 Å². The van der Waals surface area contributed by atoms with Crippen LogP contribution in [0.4, 0.5) is 0 Å². The minimum Gasteiger partial charge on any atom is -0.396 e. The lowest BCUT2D eigenvalue weighted by atomic mass is 9.79. The number of aliphatic hydroxyl groups is 1. The van der Waals surface area contributed by atoms with Gasteiger partial charge in [0.2, 0.25) is 0 Å². The van der Waals surface area contributed by atoms with Gasteiger partial charge in [-0.25, -0.2) is 0 Å². The molecule has 0 saturated heterocycles. The average Bonchev–Trinajstić information content (AvgIpc) is 2.11. The minimum absolute atomic E-state index is 0.00812. The van der Waals surface area contributed by atoms with Crippen molar-refractivity contribution in [1.82, 2.24) is 0 Å². The third kappa shape index (κ3) is 2.73. The van der Waals surface area contributed by atoms with Crippen molar-refractivity contribution in [3.63, 3.8) is 0 Å². The van der Waals surface area contributed by atoms with E-state index < -0.39 is 0 Å². The molecular weight excluding hydrogens is 208 g/mol. The van der Waals surface area contributed by atoms with Crippen molar-refractivity contribution < 1.29 is 5.11 Å². The Morgan fingerprint density at radius 3 is 2.33 bits per heavy atom. The molecule has 0 spiro atoms. The molecule has 0 amide bonds. The average molecular weight is 227 g/mol. The fourth-order valence-electron chi connectivity index (χ4n) is 1.92. The molecule has 0 aliphatic heterocycles. The van der Waals surface area contributed by atoms with E-state index in [0.717, 1.165) is 17.0 Å². The Kier molecular flexibility index (Phi) is 3.80. The van der Waals surface area contributed by atoms with Crippen LogP contribution in [0.25, 0.3) is 0 Å². The van der Waals surface area contributed by atoms with E-state index in [4.69, 9.17) is 16.7 Å². The fourth-order valence-corrected chi connectivity index (χ4v) is 2.14. The molecule has 1 aromatic carbocycles. The first-order chi connectivity index (χ1) is 6.88. The van der Waals surface area contributed by atoms with Crippen LogP contribution in [0.1, 0.15) is 37.0 Å². The molecule has 0 aliphatic carbocycles. The summed E-state index contributed by atoms with van der Waals surface area (Å²) >= 11 is 6.06. The van der Waals surface area contributed by atoms with Gasteiger partial charge in [0, 0.05) is 11.6 Å². The van der Waals surface area contributed by atoms with E-state index in [0.29, 0.717) is 0 Å². The van der Waals surface area contributed by atoms with Gasteiger partial charge in [0.15, 0.2) is 0 Å². The van der Waals surface area contributed by atoms with Crippen LogP contribution in [0.2, 0.25) is 5.02 Å². The number of aliphatic hydroxyl groups excluding tert-OH is 1. The van der Waals surface area contributed by atoms with Crippen molar-refractivity contribution in [1.29, 1.82) is 0 Å². The molecule has 0 fully saturated rings. The topological polar surface area (TPSA) is 20.2 Å². The van der Waals surface area contributed by atoms with Gasteiger partial charge < -0.3 is 5.11 Å². The number of rotatable bonds is 3. The first-order valence-corrected chi connectivity index (χ1v) is 5.64. The minimum atomic E-state index is 0.00812. The number of hydrogen-bond acceptors (Lipinski definition) is 1. The summed E-state index contributed by atoms with van der Waals surface area (Å²) in [6.07, 6.45) is 0.773. The molecule has 0 atom stereocenters. The Morgan fingerprint density at radius 1 is 1.20 bits per heavy atom. The summed E-state index contributed by atoms with van der Waals surface area (Å²) in [5.41, 5.74) is 3.58. The summed E-state index contributed by atoms with van der Waals surface area (Å²) in [6.45, 7) is 8.60. The Bertz CT molecular complexity index is 356. The third-order valence-corrected chi connectivity index (χ3v) is 3.38. The first-order valence-electron chi connectivity index (χ1n) is 5.26. The van der Waals surface area contributed by atoms with Crippen LogP contribution in [-0.4, -0.2) is 11.7 Å². The summed E-state index contributed by atoms with van der Waals surface area (Å²) in [5.74, 6) is 0. The number of halogens is 1. The molecule has 0 unspecified atom stereocenters. The predicted octanol–water partition coefficient (Wildman–Crippen LogP) is 3.62. The second-order valence-electron chi connectivity index (χ2n) is 4.77. The molecule has 0 aromatic heterocycles. The fraction of sp³-hybridized carbons (Fsp3) is 0.538. The zero-order valence-corrected chi connectivity index (χ0v) is 10.7. The maximum absolute atomic E-state index is 9.05. The van der Waals surface area contributed by atoms with Crippen molar-refractivity contribution in [2.75, 3.05) is 6.61 Å². The Morgan fingerprint density at radius 2 is 1.80 bits per heavy atom.